The summed E-state index contributed by atoms with van der Waals surface area (Å²) < 4.78 is 11.6. The summed E-state index contributed by atoms with van der Waals surface area (Å²) in [5.74, 6) is 1.06. The lowest BCUT2D eigenvalue weighted by Crippen LogP contribution is -2.43. The number of nitrogens with zero attached hydrogens (tertiary/aromatic N) is 1. The van der Waals surface area contributed by atoms with Crippen LogP contribution in [-0.4, -0.2) is 48.6 Å². The highest BCUT2D eigenvalue weighted by Crippen LogP contribution is 2.41. The molecule has 1 fully saturated rings. The summed E-state index contributed by atoms with van der Waals surface area (Å²) in [6.45, 7) is 8.10. The highest BCUT2D eigenvalue weighted by atomic mass is 32.1. The van der Waals surface area contributed by atoms with Crippen LogP contribution in [-0.2, 0) is 35.2 Å². The molecule has 0 radical (unpaired) electrons. The fourth-order valence-corrected chi connectivity index (χ4v) is 6.59. The van der Waals surface area contributed by atoms with E-state index in [-0.39, 0.29) is 11.8 Å². The molecule has 1 aromatic heterocycles. The van der Waals surface area contributed by atoms with Gasteiger partial charge in [-0.05, 0) is 87.1 Å². The van der Waals surface area contributed by atoms with Gasteiger partial charge in [-0.25, -0.2) is 0 Å². The number of ether oxygens (including phenoxy) is 2. The molecule has 6 nitrogen and oxygen atoms in total. The van der Waals surface area contributed by atoms with Crippen LogP contribution in [0.3, 0.4) is 0 Å². The molecule has 0 bridgehead atoms. The van der Waals surface area contributed by atoms with Crippen LogP contribution in [0.25, 0.3) is 0 Å². The summed E-state index contributed by atoms with van der Waals surface area (Å²) >= 11 is 1.56. The Bertz CT molecular complexity index is 1100. The second-order valence-electron chi connectivity index (χ2n) is 10.3. The van der Waals surface area contributed by atoms with Crippen molar-refractivity contribution in [1.29, 1.82) is 0 Å². The second kappa shape index (κ2) is 9.34. The average molecular weight is 483 g/mol. The molecule has 2 aliphatic carbocycles. The van der Waals surface area contributed by atoms with E-state index < -0.39 is 5.60 Å². The molecular weight excluding hydrogens is 448 g/mol. The van der Waals surface area contributed by atoms with E-state index in [1.165, 1.54) is 22.4 Å². The zero-order valence-corrected chi connectivity index (χ0v) is 21.2. The van der Waals surface area contributed by atoms with Crippen molar-refractivity contribution < 1.29 is 19.1 Å². The minimum Gasteiger partial charge on any atom is -0.478 e. The second-order valence-corrected chi connectivity index (χ2v) is 11.4. The first kappa shape index (κ1) is 23.4. The van der Waals surface area contributed by atoms with E-state index in [9.17, 15) is 9.59 Å². The molecule has 2 heterocycles. The van der Waals surface area contributed by atoms with Gasteiger partial charge in [0.25, 0.3) is 11.8 Å². The van der Waals surface area contributed by atoms with Crippen LogP contribution in [0.2, 0.25) is 0 Å². The van der Waals surface area contributed by atoms with Gasteiger partial charge in [-0.15, -0.1) is 11.3 Å². The molecule has 1 saturated heterocycles. The molecular formula is C27H34N2O4S. The number of thiophene rings is 1. The van der Waals surface area contributed by atoms with Gasteiger partial charge >= 0.3 is 0 Å². The Hall–Kier alpha value is -2.38. The SMILES string of the molecule is C[C@H]1CCc2c(sc(NC(=O)C(C)(C)Oc3ccc4c(c3)CCC4)c2C(=O)N2CCOCC2)C1. The number of morpholine rings is 1. The molecule has 2 aromatic rings. The molecule has 1 N–H and O–H groups in total. The lowest BCUT2D eigenvalue weighted by atomic mass is 9.88. The normalized spacial score (nSPS) is 20.0. The van der Waals surface area contributed by atoms with Gasteiger partial charge in [-0.1, -0.05) is 13.0 Å². The van der Waals surface area contributed by atoms with Gasteiger partial charge in [0.1, 0.15) is 10.8 Å². The van der Waals surface area contributed by atoms with Crippen LogP contribution >= 0.6 is 11.3 Å². The minimum atomic E-state index is -1.08. The molecule has 7 heteroatoms. The number of carbonyl (C=O) groups is 2. The maximum absolute atomic E-state index is 13.6. The molecule has 1 aliphatic heterocycles. The lowest BCUT2D eigenvalue weighted by molar-refractivity contribution is -0.128. The van der Waals surface area contributed by atoms with Gasteiger partial charge in [-0.3, -0.25) is 9.59 Å². The molecule has 0 spiro atoms. The maximum atomic E-state index is 13.6. The Kier molecular flexibility index (Phi) is 6.42. The van der Waals surface area contributed by atoms with E-state index in [1.54, 1.807) is 25.2 Å². The highest BCUT2D eigenvalue weighted by Gasteiger charge is 2.35. The molecule has 1 aromatic carbocycles. The first-order valence-electron chi connectivity index (χ1n) is 12.5. The topological polar surface area (TPSA) is 67.9 Å². The highest BCUT2D eigenvalue weighted by molar-refractivity contribution is 7.17. The third-order valence-corrected chi connectivity index (χ3v) is 8.41. The minimum absolute atomic E-state index is 0.00278. The number of anilines is 1. The smallest absolute Gasteiger partial charge is 0.268 e. The monoisotopic (exact) mass is 482 g/mol. The van der Waals surface area contributed by atoms with Crippen LogP contribution < -0.4 is 10.1 Å². The molecule has 2 amide bonds. The van der Waals surface area contributed by atoms with Crippen molar-refractivity contribution >= 4 is 28.2 Å². The molecule has 5 rings (SSSR count). The molecule has 182 valence electrons. The molecule has 1 atom stereocenters. The quantitative estimate of drug-likeness (QED) is 0.675. The van der Waals surface area contributed by atoms with Gasteiger partial charge in [0, 0.05) is 18.0 Å². The zero-order valence-electron chi connectivity index (χ0n) is 20.4. The van der Waals surface area contributed by atoms with Crippen LogP contribution in [0.15, 0.2) is 18.2 Å². The number of benzene rings is 1. The van der Waals surface area contributed by atoms with Crippen LogP contribution in [0.1, 0.15) is 65.5 Å². The number of fused-ring (bicyclic) bond motifs is 2. The van der Waals surface area contributed by atoms with E-state index in [0.29, 0.717) is 48.5 Å². The Balaban J connectivity index is 1.39. The standard InChI is InChI=1S/C27H34N2O4S/c1-17-7-10-21-22(15-17)34-24(23(21)25(30)29-11-13-32-14-12-29)28-26(31)27(2,3)33-20-9-8-18-5-4-6-19(18)16-20/h8-9,16-17H,4-7,10-15H2,1-3H3,(H,28,31)/t17-/m0/s1. The van der Waals surface area contributed by atoms with E-state index in [4.69, 9.17) is 9.47 Å². The lowest BCUT2D eigenvalue weighted by Gasteiger charge is -2.29. The number of aryl methyl sites for hydroxylation is 2. The Morgan fingerprint density at radius 1 is 1.15 bits per heavy atom. The Morgan fingerprint density at radius 2 is 1.91 bits per heavy atom. The number of hydrogen-bond donors (Lipinski definition) is 1. The van der Waals surface area contributed by atoms with E-state index in [0.717, 1.165) is 37.7 Å². The fourth-order valence-electron chi connectivity index (χ4n) is 5.20. The summed E-state index contributed by atoms with van der Waals surface area (Å²) in [6, 6.07) is 6.13. The number of rotatable bonds is 5. The van der Waals surface area contributed by atoms with Crippen LogP contribution in [0.4, 0.5) is 5.00 Å². The van der Waals surface area contributed by atoms with Gasteiger partial charge in [0.05, 0.1) is 18.8 Å². The third kappa shape index (κ3) is 4.60. The Labute approximate surface area is 205 Å². The Morgan fingerprint density at radius 3 is 2.71 bits per heavy atom. The first-order chi connectivity index (χ1) is 16.3. The fraction of sp³-hybridized carbons (Fsp3) is 0.556. The molecule has 0 unspecified atom stereocenters. The van der Waals surface area contributed by atoms with E-state index >= 15 is 0 Å². The summed E-state index contributed by atoms with van der Waals surface area (Å²) in [7, 11) is 0. The number of amides is 2. The third-order valence-electron chi connectivity index (χ3n) is 7.24. The van der Waals surface area contributed by atoms with Crippen molar-refractivity contribution in [3.05, 3.63) is 45.3 Å². The van der Waals surface area contributed by atoms with Crippen LogP contribution in [0.5, 0.6) is 5.75 Å². The molecule has 3 aliphatic rings. The summed E-state index contributed by atoms with van der Waals surface area (Å²) in [5.41, 5.74) is 3.40. The van der Waals surface area contributed by atoms with Gasteiger partial charge in [0.2, 0.25) is 0 Å². The van der Waals surface area contributed by atoms with Gasteiger partial charge < -0.3 is 19.7 Å². The van der Waals surface area contributed by atoms with Crippen LogP contribution in [0, 0.1) is 5.92 Å². The van der Waals surface area contributed by atoms with Crippen molar-refractivity contribution in [3.63, 3.8) is 0 Å². The van der Waals surface area contributed by atoms with Crippen molar-refractivity contribution in [2.45, 2.75) is 64.9 Å². The van der Waals surface area contributed by atoms with Crippen molar-refractivity contribution in [2.75, 3.05) is 31.6 Å². The first-order valence-corrected chi connectivity index (χ1v) is 13.3. The maximum Gasteiger partial charge on any atom is 0.268 e. The van der Waals surface area contributed by atoms with E-state index in [2.05, 4.69) is 24.4 Å². The summed E-state index contributed by atoms with van der Waals surface area (Å²) in [6.07, 6.45) is 6.24. The zero-order chi connectivity index (χ0) is 23.9. The average Bonchev–Trinajstić information content (AvgIpc) is 3.42. The summed E-state index contributed by atoms with van der Waals surface area (Å²) in [5, 5.41) is 3.75. The largest absolute Gasteiger partial charge is 0.478 e. The van der Waals surface area contributed by atoms with Gasteiger partial charge in [-0.2, -0.15) is 0 Å². The van der Waals surface area contributed by atoms with Gasteiger partial charge in [0.15, 0.2) is 5.60 Å². The molecule has 0 saturated carbocycles. The van der Waals surface area contributed by atoms with Crippen molar-refractivity contribution in [1.82, 2.24) is 4.90 Å². The van der Waals surface area contributed by atoms with Crippen molar-refractivity contribution in [3.8, 4) is 5.75 Å². The predicted octanol–water partition coefficient (Wildman–Crippen LogP) is 4.63. The van der Waals surface area contributed by atoms with E-state index in [1.807, 2.05) is 11.0 Å². The number of nitrogens with one attached hydrogen (secondary N) is 1. The summed E-state index contributed by atoms with van der Waals surface area (Å²) in [4.78, 5) is 30.1. The predicted molar refractivity (Wildman–Crippen MR) is 134 cm³/mol. The number of hydrogen-bond acceptors (Lipinski definition) is 5. The van der Waals surface area contributed by atoms with Crippen molar-refractivity contribution in [2.24, 2.45) is 5.92 Å². The number of carbonyl (C=O) groups excluding carboxylic acids is 2. The molecule has 34 heavy (non-hydrogen) atoms.